The van der Waals surface area contributed by atoms with E-state index in [2.05, 4.69) is 19.2 Å². The summed E-state index contributed by atoms with van der Waals surface area (Å²) >= 11 is 5.93. The summed E-state index contributed by atoms with van der Waals surface area (Å²) in [6.07, 6.45) is 3.07. The SMILES string of the molecule is CC(C)CCC[C@@H](C)NC(=O)c1ccc([N+](=O)[O-])cc1Cl. The number of benzene rings is 1. The quantitative estimate of drug-likeness (QED) is 0.606. The summed E-state index contributed by atoms with van der Waals surface area (Å²) in [7, 11) is 0. The van der Waals surface area contributed by atoms with Crippen molar-refractivity contribution in [2.45, 2.75) is 46.1 Å². The molecule has 21 heavy (non-hydrogen) atoms. The summed E-state index contributed by atoms with van der Waals surface area (Å²) in [5.41, 5.74) is 0.138. The van der Waals surface area contributed by atoms with Crippen LogP contribution in [0.5, 0.6) is 0 Å². The number of nitro groups is 1. The van der Waals surface area contributed by atoms with Crippen molar-refractivity contribution in [3.8, 4) is 0 Å². The van der Waals surface area contributed by atoms with Gasteiger partial charge in [0, 0.05) is 18.2 Å². The molecule has 0 fully saturated rings. The molecule has 1 aromatic carbocycles. The number of non-ortho nitro benzene ring substituents is 1. The van der Waals surface area contributed by atoms with Gasteiger partial charge in [-0.05, 0) is 25.3 Å². The number of nitrogens with one attached hydrogen (secondary N) is 1. The summed E-state index contributed by atoms with van der Waals surface area (Å²) in [5.74, 6) is 0.351. The number of carbonyl (C=O) groups excluding carboxylic acids is 1. The smallest absolute Gasteiger partial charge is 0.270 e. The Bertz CT molecular complexity index is 518. The summed E-state index contributed by atoms with van der Waals surface area (Å²) in [6, 6.07) is 3.91. The predicted octanol–water partition coefficient (Wildman–Crippen LogP) is 4.19. The first-order valence-corrected chi connectivity index (χ1v) is 7.44. The normalized spacial score (nSPS) is 12.2. The van der Waals surface area contributed by atoms with Gasteiger partial charge in [-0.25, -0.2) is 0 Å². The molecule has 0 aliphatic rings. The van der Waals surface area contributed by atoms with E-state index < -0.39 is 4.92 Å². The highest BCUT2D eigenvalue weighted by Gasteiger charge is 2.16. The second-order valence-electron chi connectivity index (χ2n) is 5.62. The Balaban J connectivity index is 2.61. The van der Waals surface area contributed by atoms with Crippen LogP contribution >= 0.6 is 11.6 Å². The number of halogens is 1. The zero-order valence-corrected chi connectivity index (χ0v) is 13.3. The first-order valence-electron chi connectivity index (χ1n) is 7.06. The first kappa shape index (κ1) is 17.4. The lowest BCUT2D eigenvalue weighted by Crippen LogP contribution is -2.32. The first-order chi connectivity index (χ1) is 9.81. The third-order valence-electron chi connectivity index (χ3n) is 3.20. The molecular formula is C15H21ClN2O3. The fraction of sp³-hybridized carbons (Fsp3) is 0.533. The third kappa shape index (κ3) is 5.71. The number of hydrogen-bond acceptors (Lipinski definition) is 3. The maximum atomic E-state index is 12.1. The van der Waals surface area contributed by atoms with Crippen LogP contribution in [0.1, 0.15) is 50.4 Å². The second-order valence-corrected chi connectivity index (χ2v) is 6.03. The minimum absolute atomic E-state index is 0.0440. The zero-order chi connectivity index (χ0) is 16.0. The van der Waals surface area contributed by atoms with E-state index in [0.717, 1.165) is 19.3 Å². The van der Waals surface area contributed by atoms with E-state index >= 15 is 0 Å². The Kier molecular flexibility index (Phi) is 6.62. The van der Waals surface area contributed by atoms with Gasteiger partial charge in [0.25, 0.3) is 11.6 Å². The van der Waals surface area contributed by atoms with E-state index in [1.54, 1.807) is 0 Å². The maximum Gasteiger partial charge on any atom is 0.270 e. The van der Waals surface area contributed by atoms with Crippen LogP contribution in [0.2, 0.25) is 5.02 Å². The molecule has 116 valence electrons. The van der Waals surface area contributed by atoms with Crippen molar-refractivity contribution in [2.24, 2.45) is 5.92 Å². The molecule has 5 nitrogen and oxygen atoms in total. The number of hydrogen-bond donors (Lipinski definition) is 1. The lowest BCUT2D eigenvalue weighted by Gasteiger charge is -2.15. The maximum absolute atomic E-state index is 12.1. The molecule has 1 N–H and O–H groups in total. The van der Waals surface area contributed by atoms with E-state index in [4.69, 9.17) is 11.6 Å². The second kappa shape index (κ2) is 7.98. The summed E-state index contributed by atoms with van der Waals surface area (Å²) in [5, 5.41) is 13.6. The number of carbonyl (C=O) groups is 1. The molecule has 0 aromatic heterocycles. The lowest BCUT2D eigenvalue weighted by molar-refractivity contribution is -0.384. The van der Waals surface area contributed by atoms with Crippen LogP contribution in [0.25, 0.3) is 0 Å². The Labute approximate surface area is 129 Å². The van der Waals surface area contributed by atoms with Gasteiger partial charge in [-0.3, -0.25) is 14.9 Å². The molecule has 1 rings (SSSR count). The highest BCUT2D eigenvalue weighted by Crippen LogP contribution is 2.22. The van der Waals surface area contributed by atoms with Crippen molar-refractivity contribution in [3.63, 3.8) is 0 Å². The van der Waals surface area contributed by atoms with Crippen LogP contribution in [0.3, 0.4) is 0 Å². The van der Waals surface area contributed by atoms with E-state index in [1.807, 2.05) is 6.92 Å². The van der Waals surface area contributed by atoms with Crippen molar-refractivity contribution in [1.29, 1.82) is 0 Å². The molecule has 0 bridgehead atoms. The molecule has 0 unspecified atom stereocenters. The van der Waals surface area contributed by atoms with E-state index in [1.165, 1.54) is 18.2 Å². The largest absolute Gasteiger partial charge is 0.350 e. The van der Waals surface area contributed by atoms with Crippen LogP contribution in [0.15, 0.2) is 18.2 Å². The average molecular weight is 313 g/mol. The van der Waals surface area contributed by atoms with Crippen LogP contribution in [0.4, 0.5) is 5.69 Å². The predicted molar refractivity (Wildman–Crippen MR) is 83.7 cm³/mol. The van der Waals surface area contributed by atoms with Crippen LogP contribution in [0, 0.1) is 16.0 Å². The molecule has 1 amide bonds. The number of amides is 1. The van der Waals surface area contributed by atoms with Gasteiger partial charge in [-0.1, -0.05) is 38.3 Å². The zero-order valence-electron chi connectivity index (χ0n) is 12.6. The van der Waals surface area contributed by atoms with Gasteiger partial charge in [0.05, 0.1) is 15.5 Å². The molecule has 1 atom stereocenters. The van der Waals surface area contributed by atoms with Gasteiger partial charge >= 0.3 is 0 Å². The molecule has 0 aliphatic carbocycles. The summed E-state index contributed by atoms with van der Waals surface area (Å²) < 4.78 is 0. The van der Waals surface area contributed by atoms with Gasteiger partial charge in [0.15, 0.2) is 0 Å². The Morgan fingerprint density at radius 2 is 2.00 bits per heavy atom. The van der Waals surface area contributed by atoms with Gasteiger partial charge in [-0.2, -0.15) is 0 Å². The summed E-state index contributed by atoms with van der Waals surface area (Å²) in [6.45, 7) is 6.28. The summed E-state index contributed by atoms with van der Waals surface area (Å²) in [4.78, 5) is 22.2. The molecule has 0 saturated heterocycles. The molecule has 1 aromatic rings. The minimum Gasteiger partial charge on any atom is -0.350 e. The Morgan fingerprint density at radius 3 is 2.52 bits per heavy atom. The molecule has 6 heteroatoms. The molecule has 0 saturated carbocycles. The van der Waals surface area contributed by atoms with Crippen LogP contribution in [-0.4, -0.2) is 16.9 Å². The fourth-order valence-electron chi connectivity index (χ4n) is 2.01. The van der Waals surface area contributed by atoms with E-state index in [9.17, 15) is 14.9 Å². The number of nitro benzene ring substituents is 1. The Hall–Kier alpha value is -1.62. The van der Waals surface area contributed by atoms with Crippen molar-refractivity contribution >= 4 is 23.2 Å². The standard InChI is InChI=1S/C15H21ClN2O3/c1-10(2)5-4-6-11(3)17-15(19)13-8-7-12(18(20)21)9-14(13)16/h7-11H,4-6H2,1-3H3,(H,17,19)/t11-/m1/s1. The monoisotopic (exact) mass is 312 g/mol. The van der Waals surface area contributed by atoms with Gasteiger partial charge < -0.3 is 5.32 Å². The molecule has 0 radical (unpaired) electrons. The van der Waals surface area contributed by atoms with E-state index in [-0.39, 0.29) is 28.2 Å². The van der Waals surface area contributed by atoms with Gasteiger partial charge in [0.2, 0.25) is 0 Å². The van der Waals surface area contributed by atoms with Gasteiger partial charge in [0.1, 0.15) is 0 Å². The van der Waals surface area contributed by atoms with Crippen LogP contribution < -0.4 is 5.32 Å². The van der Waals surface area contributed by atoms with Crippen molar-refractivity contribution in [1.82, 2.24) is 5.32 Å². The lowest BCUT2D eigenvalue weighted by atomic mass is 10.0. The Morgan fingerprint density at radius 1 is 1.33 bits per heavy atom. The highest BCUT2D eigenvalue weighted by molar-refractivity contribution is 6.34. The van der Waals surface area contributed by atoms with Crippen LogP contribution in [-0.2, 0) is 0 Å². The van der Waals surface area contributed by atoms with Crippen molar-refractivity contribution in [3.05, 3.63) is 38.9 Å². The van der Waals surface area contributed by atoms with E-state index in [0.29, 0.717) is 5.92 Å². The number of nitrogens with zero attached hydrogens (tertiary/aromatic N) is 1. The minimum atomic E-state index is -0.540. The topological polar surface area (TPSA) is 72.2 Å². The highest BCUT2D eigenvalue weighted by atomic mass is 35.5. The molecule has 0 heterocycles. The third-order valence-corrected chi connectivity index (χ3v) is 3.52. The van der Waals surface area contributed by atoms with Crippen molar-refractivity contribution in [2.75, 3.05) is 0 Å². The van der Waals surface area contributed by atoms with Crippen molar-refractivity contribution < 1.29 is 9.72 Å². The van der Waals surface area contributed by atoms with Gasteiger partial charge in [-0.15, -0.1) is 0 Å². The molecule has 0 aliphatic heterocycles. The fourth-order valence-corrected chi connectivity index (χ4v) is 2.27. The average Bonchev–Trinajstić information content (AvgIpc) is 2.37. The molecular weight excluding hydrogens is 292 g/mol. The number of rotatable bonds is 7. The molecule has 0 spiro atoms.